The zero-order valence-electron chi connectivity index (χ0n) is 7.61. The molecule has 1 aliphatic rings. The fourth-order valence-corrected chi connectivity index (χ4v) is 1.56. The van der Waals surface area contributed by atoms with Gasteiger partial charge in [-0.1, -0.05) is 32.8 Å². The van der Waals surface area contributed by atoms with Gasteiger partial charge in [-0.15, -0.1) is 0 Å². The van der Waals surface area contributed by atoms with Crippen molar-refractivity contribution in [1.82, 2.24) is 0 Å². The van der Waals surface area contributed by atoms with Gasteiger partial charge in [0.15, 0.2) is 0 Å². The minimum atomic E-state index is 1.06. The van der Waals surface area contributed by atoms with E-state index in [4.69, 9.17) is 0 Å². The zero-order chi connectivity index (χ0) is 8.10. The number of hydrogen-bond donors (Lipinski definition) is 0. The zero-order valence-corrected chi connectivity index (χ0v) is 7.61. The topological polar surface area (TPSA) is 0 Å². The van der Waals surface area contributed by atoms with Gasteiger partial charge in [-0.25, -0.2) is 0 Å². The third-order valence-corrected chi connectivity index (χ3v) is 2.07. The summed E-state index contributed by atoms with van der Waals surface area (Å²) in [5, 5.41) is 0. The van der Waals surface area contributed by atoms with Crippen molar-refractivity contribution in [3.05, 3.63) is 23.3 Å². The Morgan fingerprint density at radius 1 is 1.27 bits per heavy atom. The second kappa shape index (κ2) is 4.38. The second-order valence-corrected chi connectivity index (χ2v) is 3.09. The molecule has 0 saturated heterocycles. The molecule has 0 fully saturated rings. The second-order valence-electron chi connectivity index (χ2n) is 3.09. The molecule has 0 nitrogen and oxygen atoms in total. The Labute approximate surface area is 70.0 Å². The lowest BCUT2D eigenvalue weighted by atomic mass is 10.0. The molecule has 0 heterocycles. The maximum absolute atomic E-state index is 3.42. The van der Waals surface area contributed by atoms with E-state index in [2.05, 4.69) is 26.0 Å². The highest BCUT2D eigenvalue weighted by atomic mass is 14.1. The molecular weight excluding hydrogens is 132 g/mol. The van der Waals surface area contributed by atoms with Crippen LogP contribution >= 0.6 is 0 Å². The largest absolute Gasteiger partial charge is 0.0766 e. The van der Waals surface area contributed by atoms with Crippen molar-refractivity contribution in [2.45, 2.75) is 46.0 Å². The standard InChI is InChI=1S/C11H17/c1-3-6-10-8-5-9-11(10)7-4-2/h8H,3-7H2,1-2H3. The van der Waals surface area contributed by atoms with E-state index in [1.54, 1.807) is 5.57 Å². The van der Waals surface area contributed by atoms with Crippen molar-refractivity contribution in [3.63, 3.8) is 0 Å². The lowest BCUT2D eigenvalue weighted by Gasteiger charge is -2.04. The first kappa shape index (κ1) is 8.58. The number of allylic oxidation sites excluding steroid dienone is 4. The minimum Gasteiger partial charge on any atom is -0.0766 e. The summed E-state index contributed by atoms with van der Waals surface area (Å²) in [5.41, 5.74) is 3.06. The van der Waals surface area contributed by atoms with Crippen LogP contribution in [0.4, 0.5) is 0 Å². The monoisotopic (exact) mass is 149 g/mol. The minimum absolute atomic E-state index is 1.06. The van der Waals surface area contributed by atoms with Gasteiger partial charge in [0.2, 0.25) is 0 Å². The van der Waals surface area contributed by atoms with E-state index in [9.17, 15) is 0 Å². The molecule has 0 aliphatic heterocycles. The summed E-state index contributed by atoms with van der Waals surface area (Å²) in [6, 6.07) is 0. The summed E-state index contributed by atoms with van der Waals surface area (Å²) in [7, 11) is 0. The summed E-state index contributed by atoms with van der Waals surface area (Å²) >= 11 is 0. The van der Waals surface area contributed by atoms with E-state index >= 15 is 0 Å². The molecule has 0 aromatic heterocycles. The van der Waals surface area contributed by atoms with Crippen LogP contribution in [0.1, 0.15) is 46.0 Å². The van der Waals surface area contributed by atoms with Crippen molar-refractivity contribution in [2.75, 3.05) is 0 Å². The summed E-state index contributed by atoms with van der Waals surface area (Å²) in [4.78, 5) is 0. The summed E-state index contributed by atoms with van der Waals surface area (Å²) < 4.78 is 0. The third kappa shape index (κ3) is 2.21. The van der Waals surface area contributed by atoms with Crippen LogP contribution in [0.25, 0.3) is 0 Å². The van der Waals surface area contributed by atoms with Crippen molar-refractivity contribution in [1.29, 1.82) is 0 Å². The first-order valence-corrected chi connectivity index (χ1v) is 4.67. The normalized spacial score (nSPS) is 16.5. The van der Waals surface area contributed by atoms with Crippen LogP contribution in [0.3, 0.4) is 0 Å². The van der Waals surface area contributed by atoms with E-state index < -0.39 is 0 Å². The Balaban J connectivity index is 2.46. The molecule has 0 saturated carbocycles. The number of hydrogen-bond acceptors (Lipinski definition) is 0. The predicted molar refractivity (Wildman–Crippen MR) is 49.3 cm³/mol. The Morgan fingerprint density at radius 3 is 2.64 bits per heavy atom. The smallest absolute Gasteiger partial charge is 0.00857 e. The molecule has 0 bridgehead atoms. The molecule has 0 N–H and O–H groups in total. The highest BCUT2D eigenvalue weighted by molar-refractivity contribution is 5.33. The molecule has 0 heteroatoms. The van der Waals surface area contributed by atoms with Crippen LogP contribution < -0.4 is 0 Å². The highest BCUT2D eigenvalue weighted by Gasteiger charge is 2.07. The Kier molecular flexibility index (Phi) is 3.41. The maximum atomic E-state index is 3.42. The van der Waals surface area contributed by atoms with Gasteiger partial charge in [0, 0.05) is 0 Å². The predicted octanol–water partition coefficient (Wildman–Crippen LogP) is 3.65. The summed E-state index contributed by atoms with van der Waals surface area (Å²) in [5.74, 6) is 0. The van der Waals surface area contributed by atoms with Crippen molar-refractivity contribution in [3.8, 4) is 0 Å². The lowest BCUT2D eigenvalue weighted by molar-refractivity contribution is 0.857. The Hall–Kier alpha value is -0.520. The van der Waals surface area contributed by atoms with Crippen LogP contribution in [-0.2, 0) is 0 Å². The Bertz CT molecular complexity index is 152. The lowest BCUT2D eigenvalue weighted by Crippen LogP contribution is -1.85. The average molecular weight is 149 g/mol. The fraction of sp³-hybridized carbons (Fsp3) is 0.636. The first-order valence-electron chi connectivity index (χ1n) is 4.67. The maximum Gasteiger partial charge on any atom is -0.00857 e. The Morgan fingerprint density at radius 2 is 2.00 bits per heavy atom. The average Bonchev–Trinajstić information content (AvgIpc) is 2.39. The molecule has 1 rings (SSSR count). The van der Waals surface area contributed by atoms with E-state index in [-0.39, 0.29) is 0 Å². The molecule has 1 radical (unpaired) electrons. The summed E-state index contributed by atoms with van der Waals surface area (Å²) in [6.07, 6.45) is 11.8. The van der Waals surface area contributed by atoms with Crippen LogP contribution in [0.5, 0.6) is 0 Å². The van der Waals surface area contributed by atoms with Gasteiger partial charge >= 0.3 is 0 Å². The van der Waals surface area contributed by atoms with Gasteiger partial charge in [0.1, 0.15) is 0 Å². The number of rotatable bonds is 4. The van der Waals surface area contributed by atoms with Crippen LogP contribution in [0.15, 0.2) is 17.2 Å². The van der Waals surface area contributed by atoms with E-state index in [0.717, 1.165) is 6.42 Å². The van der Waals surface area contributed by atoms with E-state index in [1.807, 2.05) is 0 Å². The molecule has 0 aromatic rings. The van der Waals surface area contributed by atoms with Gasteiger partial charge in [-0.3, -0.25) is 0 Å². The van der Waals surface area contributed by atoms with E-state index in [0.29, 0.717) is 0 Å². The molecule has 61 valence electrons. The van der Waals surface area contributed by atoms with Gasteiger partial charge in [0.25, 0.3) is 0 Å². The van der Waals surface area contributed by atoms with Crippen molar-refractivity contribution < 1.29 is 0 Å². The SMILES string of the molecule is CCCC1=[C]CC=C1CCC. The van der Waals surface area contributed by atoms with Crippen molar-refractivity contribution in [2.24, 2.45) is 0 Å². The van der Waals surface area contributed by atoms with Crippen LogP contribution in [0, 0.1) is 6.08 Å². The molecule has 0 unspecified atom stereocenters. The molecule has 0 atom stereocenters. The highest BCUT2D eigenvalue weighted by Crippen LogP contribution is 2.26. The molecule has 11 heavy (non-hydrogen) atoms. The van der Waals surface area contributed by atoms with Gasteiger partial charge < -0.3 is 0 Å². The molecule has 0 spiro atoms. The first-order chi connectivity index (χ1) is 5.38. The van der Waals surface area contributed by atoms with Gasteiger partial charge in [-0.05, 0) is 36.5 Å². The molecule has 1 aliphatic carbocycles. The van der Waals surface area contributed by atoms with Crippen molar-refractivity contribution >= 4 is 0 Å². The third-order valence-electron chi connectivity index (χ3n) is 2.07. The molecule has 0 amide bonds. The van der Waals surface area contributed by atoms with Crippen LogP contribution in [0.2, 0.25) is 0 Å². The summed E-state index contributed by atoms with van der Waals surface area (Å²) in [6.45, 7) is 4.47. The molecular formula is C11H17. The fourth-order valence-electron chi connectivity index (χ4n) is 1.56. The van der Waals surface area contributed by atoms with Gasteiger partial charge in [-0.2, -0.15) is 0 Å². The van der Waals surface area contributed by atoms with Gasteiger partial charge in [0.05, 0.1) is 0 Å². The van der Waals surface area contributed by atoms with Crippen LogP contribution in [-0.4, -0.2) is 0 Å². The molecule has 0 aromatic carbocycles. The van der Waals surface area contributed by atoms with E-state index in [1.165, 1.54) is 31.3 Å². The quantitative estimate of drug-likeness (QED) is 0.572.